The Kier molecular flexibility index (Phi) is 6.09. The minimum atomic E-state index is -0.997. The van der Waals surface area contributed by atoms with E-state index in [9.17, 15) is 15.0 Å². The minimum absolute atomic E-state index is 0.0443. The average Bonchev–Trinajstić information content (AvgIpc) is 2.55. The fraction of sp³-hybridized carbons (Fsp3) is 0.316. The number of aromatic carboxylic acids is 1. The number of hydrogen-bond donors (Lipinski definition) is 3. The number of aliphatic hydroxyl groups is 2. The smallest absolute Gasteiger partial charge is 0.335 e. The molecule has 0 spiro atoms. The summed E-state index contributed by atoms with van der Waals surface area (Å²) in [7, 11) is 1.71. The zero-order chi connectivity index (χ0) is 17.7. The summed E-state index contributed by atoms with van der Waals surface area (Å²) in [4.78, 5) is 13.0. The van der Waals surface area contributed by atoms with E-state index in [1.165, 1.54) is 0 Å². The van der Waals surface area contributed by atoms with E-state index in [0.717, 1.165) is 22.3 Å². The number of aryl methyl sites for hydroxylation is 1. The zero-order valence-corrected chi connectivity index (χ0v) is 13.9. The summed E-state index contributed by atoms with van der Waals surface area (Å²) in [6.45, 7) is 2.30. The average molecular weight is 329 g/mol. The van der Waals surface area contributed by atoms with Crippen molar-refractivity contribution in [3.8, 4) is 11.1 Å². The van der Waals surface area contributed by atoms with Crippen LogP contribution in [0.2, 0.25) is 0 Å². The number of carboxylic acid groups (broad SMARTS) is 1. The Bertz CT molecular complexity index is 697. The molecule has 24 heavy (non-hydrogen) atoms. The van der Waals surface area contributed by atoms with Crippen molar-refractivity contribution in [3.05, 3.63) is 59.2 Å². The molecule has 2 aromatic rings. The van der Waals surface area contributed by atoms with Crippen LogP contribution in [0.4, 0.5) is 0 Å². The molecule has 2 aromatic carbocycles. The topological polar surface area (TPSA) is 81.0 Å². The second kappa shape index (κ2) is 8.06. The van der Waals surface area contributed by atoms with E-state index in [1.807, 2.05) is 37.3 Å². The summed E-state index contributed by atoms with van der Waals surface area (Å²) in [5, 5.41) is 28.5. The molecule has 0 fully saturated rings. The summed E-state index contributed by atoms with van der Waals surface area (Å²) in [6.07, 6.45) is -0.497. The molecule has 3 N–H and O–H groups in total. The van der Waals surface area contributed by atoms with Gasteiger partial charge in [-0.1, -0.05) is 35.9 Å². The Morgan fingerprint density at radius 2 is 1.79 bits per heavy atom. The van der Waals surface area contributed by atoms with Gasteiger partial charge in [-0.2, -0.15) is 0 Å². The normalized spacial score (nSPS) is 12.4. The lowest BCUT2D eigenvalue weighted by Crippen LogP contribution is -2.35. The maximum atomic E-state index is 11.4. The van der Waals surface area contributed by atoms with Crippen LogP contribution in [0.25, 0.3) is 11.1 Å². The fourth-order valence-electron chi connectivity index (χ4n) is 2.52. The maximum absolute atomic E-state index is 11.4. The van der Waals surface area contributed by atoms with Crippen LogP contribution in [0.1, 0.15) is 21.5 Å². The minimum Gasteiger partial charge on any atom is -0.478 e. The number of carboxylic acids is 1. The van der Waals surface area contributed by atoms with Gasteiger partial charge in [-0.25, -0.2) is 4.79 Å². The van der Waals surface area contributed by atoms with E-state index in [2.05, 4.69) is 0 Å². The predicted octanol–water partition coefficient (Wildman–Crippen LogP) is 2.15. The molecule has 0 aliphatic carbocycles. The zero-order valence-electron chi connectivity index (χ0n) is 13.9. The Balaban J connectivity index is 2.34. The quantitative estimate of drug-likeness (QED) is 0.678. The standard InChI is InChI=1S/C19H23NO4/c1-13-3-5-15(6-4-13)16-9-14(10-17(12-16)19(23)24)11-18(22)20(2)7-8-21/h3-6,9-10,12,18,21-22H,7-8,11H2,1-2H3,(H,23,24). The Hall–Kier alpha value is -2.21. The van der Waals surface area contributed by atoms with Crippen LogP contribution in [0, 0.1) is 6.92 Å². The molecule has 0 radical (unpaired) electrons. The van der Waals surface area contributed by atoms with E-state index < -0.39 is 12.2 Å². The number of rotatable bonds is 7. The highest BCUT2D eigenvalue weighted by atomic mass is 16.4. The predicted molar refractivity (Wildman–Crippen MR) is 93.0 cm³/mol. The number of hydrogen-bond acceptors (Lipinski definition) is 4. The monoisotopic (exact) mass is 329 g/mol. The molecule has 0 heterocycles. The molecule has 1 atom stereocenters. The summed E-state index contributed by atoms with van der Waals surface area (Å²) in [5.41, 5.74) is 3.81. The van der Waals surface area contributed by atoms with Gasteiger partial charge in [0, 0.05) is 13.0 Å². The summed E-state index contributed by atoms with van der Waals surface area (Å²) in [6, 6.07) is 13.0. The van der Waals surface area contributed by atoms with Gasteiger partial charge in [0.15, 0.2) is 0 Å². The van der Waals surface area contributed by atoms with Gasteiger partial charge in [0.05, 0.1) is 12.2 Å². The third kappa shape index (κ3) is 4.64. The van der Waals surface area contributed by atoms with E-state index in [-0.39, 0.29) is 18.6 Å². The molecule has 0 amide bonds. The van der Waals surface area contributed by atoms with Gasteiger partial charge < -0.3 is 15.3 Å². The van der Waals surface area contributed by atoms with Gasteiger partial charge in [-0.3, -0.25) is 4.90 Å². The molecule has 0 bridgehead atoms. The van der Waals surface area contributed by atoms with Crippen molar-refractivity contribution in [2.75, 3.05) is 20.2 Å². The van der Waals surface area contributed by atoms with Crippen LogP contribution in [0.5, 0.6) is 0 Å². The number of nitrogens with zero attached hydrogens (tertiary/aromatic N) is 1. The highest BCUT2D eigenvalue weighted by Crippen LogP contribution is 2.24. The van der Waals surface area contributed by atoms with Crippen molar-refractivity contribution in [2.24, 2.45) is 0 Å². The Labute approximate surface area is 141 Å². The fourth-order valence-corrected chi connectivity index (χ4v) is 2.52. The van der Waals surface area contributed by atoms with Crippen molar-refractivity contribution < 1.29 is 20.1 Å². The van der Waals surface area contributed by atoms with Crippen molar-refractivity contribution in [1.29, 1.82) is 0 Å². The van der Waals surface area contributed by atoms with Crippen molar-refractivity contribution in [3.63, 3.8) is 0 Å². The lowest BCUT2D eigenvalue weighted by Gasteiger charge is -2.22. The first-order valence-electron chi connectivity index (χ1n) is 7.84. The van der Waals surface area contributed by atoms with Gasteiger partial charge in [-0.15, -0.1) is 0 Å². The highest BCUT2D eigenvalue weighted by molar-refractivity contribution is 5.89. The summed E-state index contributed by atoms with van der Waals surface area (Å²) >= 11 is 0. The highest BCUT2D eigenvalue weighted by Gasteiger charge is 2.14. The van der Waals surface area contributed by atoms with E-state index in [0.29, 0.717) is 6.54 Å². The van der Waals surface area contributed by atoms with Crippen molar-refractivity contribution in [2.45, 2.75) is 19.6 Å². The first-order valence-corrected chi connectivity index (χ1v) is 7.84. The first-order chi connectivity index (χ1) is 11.4. The Morgan fingerprint density at radius 3 is 2.38 bits per heavy atom. The van der Waals surface area contributed by atoms with Crippen molar-refractivity contribution in [1.82, 2.24) is 4.90 Å². The van der Waals surface area contributed by atoms with Gasteiger partial charge in [0.25, 0.3) is 0 Å². The summed E-state index contributed by atoms with van der Waals surface area (Å²) in [5.74, 6) is -0.997. The van der Waals surface area contributed by atoms with E-state index >= 15 is 0 Å². The number of benzene rings is 2. The van der Waals surface area contributed by atoms with Gasteiger partial charge in [0.2, 0.25) is 0 Å². The van der Waals surface area contributed by atoms with Gasteiger partial charge in [-0.05, 0) is 42.8 Å². The molecule has 0 aliphatic rings. The maximum Gasteiger partial charge on any atom is 0.335 e. The molecular weight excluding hydrogens is 306 g/mol. The van der Waals surface area contributed by atoms with E-state index in [1.54, 1.807) is 24.1 Å². The summed E-state index contributed by atoms with van der Waals surface area (Å²) < 4.78 is 0. The van der Waals surface area contributed by atoms with Crippen LogP contribution in [-0.2, 0) is 6.42 Å². The lowest BCUT2D eigenvalue weighted by atomic mass is 9.97. The molecule has 5 nitrogen and oxygen atoms in total. The molecule has 0 aromatic heterocycles. The van der Waals surface area contributed by atoms with Crippen LogP contribution in [0.15, 0.2) is 42.5 Å². The van der Waals surface area contributed by atoms with Crippen molar-refractivity contribution >= 4 is 5.97 Å². The molecule has 0 aliphatic heterocycles. The second-order valence-corrected chi connectivity index (χ2v) is 5.98. The molecule has 2 rings (SSSR count). The number of likely N-dealkylation sites (N-methyl/N-ethyl adjacent to an activating group) is 1. The number of aliphatic hydroxyl groups excluding tert-OH is 2. The SMILES string of the molecule is Cc1ccc(-c2cc(CC(O)N(C)CCO)cc(C(=O)O)c2)cc1. The Morgan fingerprint density at radius 1 is 1.12 bits per heavy atom. The molecule has 128 valence electrons. The van der Waals surface area contributed by atoms with Crippen LogP contribution in [0.3, 0.4) is 0 Å². The third-order valence-corrected chi connectivity index (χ3v) is 4.00. The van der Waals surface area contributed by atoms with Crippen LogP contribution >= 0.6 is 0 Å². The molecule has 0 saturated carbocycles. The molecular formula is C19H23NO4. The van der Waals surface area contributed by atoms with Gasteiger partial charge >= 0.3 is 5.97 Å². The van der Waals surface area contributed by atoms with Crippen LogP contribution in [-0.4, -0.2) is 52.6 Å². The molecule has 0 saturated heterocycles. The second-order valence-electron chi connectivity index (χ2n) is 5.98. The van der Waals surface area contributed by atoms with Gasteiger partial charge in [0.1, 0.15) is 6.23 Å². The van der Waals surface area contributed by atoms with E-state index in [4.69, 9.17) is 5.11 Å². The first kappa shape index (κ1) is 18.1. The number of carbonyl (C=O) groups is 1. The van der Waals surface area contributed by atoms with Crippen LogP contribution < -0.4 is 0 Å². The third-order valence-electron chi connectivity index (χ3n) is 4.00. The largest absolute Gasteiger partial charge is 0.478 e. The molecule has 5 heteroatoms. The molecule has 1 unspecified atom stereocenters. The lowest BCUT2D eigenvalue weighted by molar-refractivity contribution is 0.0135.